The van der Waals surface area contributed by atoms with Crippen LogP contribution in [-0.4, -0.2) is 67.4 Å². The van der Waals surface area contributed by atoms with E-state index < -0.39 is 0 Å². The van der Waals surface area contributed by atoms with Crippen LogP contribution in [-0.2, 0) is 4.79 Å². The first-order chi connectivity index (χ1) is 12.9. The molecule has 0 bridgehead atoms. The Morgan fingerprint density at radius 3 is 2.70 bits per heavy atom. The van der Waals surface area contributed by atoms with Crippen LogP contribution in [0.1, 0.15) is 31.7 Å². The van der Waals surface area contributed by atoms with Gasteiger partial charge in [-0.05, 0) is 39.0 Å². The molecule has 1 saturated heterocycles. The quantitative estimate of drug-likeness (QED) is 0.733. The van der Waals surface area contributed by atoms with E-state index in [0.29, 0.717) is 25.4 Å². The molecule has 0 radical (unpaired) electrons. The summed E-state index contributed by atoms with van der Waals surface area (Å²) in [6, 6.07) is 5.56. The van der Waals surface area contributed by atoms with Crippen molar-refractivity contribution >= 4 is 23.7 Å². The first-order valence-electron chi connectivity index (χ1n) is 9.09. The SMILES string of the molecule is CCN(CCN1C(=O)CS[C@H]1c1cc(OC)ccc1OC)C(=O)NC(C)C. The molecule has 1 aromatic rings. The van der Waals surface area contributed by atoms with Gasteiger partial charge in [-0.3, -0.25) is 4.79 Å². The molecule has 1 aromatic carbocycles. The molecule has 1 aliphatic rings. The lowest BCUT2D eigenvalue weighted by Gasteiger charge is -2.29. The number of hydrogen-bond donors (Lipinski definition) is 1. The Morgan fingerprint density at radius 2 is 2.11 bits per heavy atom. The van der Waals surface area contributed by atoms with Gasteiger partial charge in [0, 0.05) is 31.2 Å². The van der Waals surface area contributed by atoms with Gasteiger partial charge in [-0.25, -0.2) is 4.79 Å². The van der Waals surface area contributed by atoms with Crippen molar-refractivity contribution in [3.05, 3.63) is 23.8 Å². The third-order valence-corrected chi connectivity index (χ3v) is 5.60. The number of rotatable bonds is 8. The first kappa shape index (κ1) is 21.2. The summed E-state index contributed by atoms with van der Waals surface area (Å²) in [5, 5.41) is 2.74. The highest BCUT2D eigenvalue weighted by atomic mass is 32.2. The van der Waals surface area contributed by atoms with Crippen LogP contribution in [0.25, 0.3) is 0 Å². The van der Waals surface area contributed by atoms with Gasteiger partial charge in [0.2, 0.25) is 5.91 Å². The van der Waals surface area contributed by atoms with Crippen molar-refractivity contribution in [2.45, 2.75) is 32.2 Å². The zero-order valence-corrected chi connectivity index (χ0v) is 17.5. The molecule has 150 valence electrons. The van der Waals surface area contributed by atoms with E-state index >= 15 is 0 Å². The topological polar surface area (TPSA) is 71.1 Å². The van der Waals surface area contributed by atoms with Gasteiger partial charge >= 0.3 is 6.03 Å². The van der Waals surface area contributed by atoms with Crippen LogP contribution in [0.4, 0.5) is 4.79 Å². The normalized spacial score (nSPS) is 16.6. The predicted octanol–water partition coefficient (Wildman–Crippen LogP) is 2.72. The summed E-state index contributed by atoms with van der Waals surface area (Å²) in [5.74, 6) is 1.92. The number of nitrogens with one attached hydrogen (secondary N) is 1. The van der Waals surface area contributed by atoms with Crippen LogP contribution >= 0.6 is 11.8 Å². The van der Waals surface area contributed by atoms with Crippen LogP contribution in [0.2, 0.25) is 0 Å². The number of carbonyl (C=O) groups is 2. The first-order valence-corrected chi connectivity index (χ1v) is 10.1. The number of benzene rings is 1. The summed E-state index contributed by atoms with van der Waals surface area (Å²) in [7, 11) is 3.23. The van der Waals surface area contributed by atoms with Crippen molar-refractivity contribution in [1.82, 2.24) is 15.1 Å². The Morgan fingerprint density at radius 1 is 1.37 bits per heavy atom. The number of nitrogens with zero attached hydrogens (tertiary/aromatic N) is 2. The molecular formula is C19H29N3O4S. The number of ether oxygens (including phenoxy) is 2. The molecule has 7 nitrogen and oxygen atoms in total. The zero-order valence-electron chi connectivity index (χ0n) is 16.7. The molecule has 0 saturated carbocycles. The Bertz CT molecular complexity index is 668. The monoisotopic (exact) mass is 395 g/mol. The second-order valence-electron chi connectivity index (χ2n) is 6.54. The average Bonchev–Trinajstić information content (AvgIpc) is 3.01. The maximum atomic E-state index is 12.5. The molecule has 0 unspecified atom stereocenters. The van der Waals surface area contributed by atoms with Gasteiger partial charge in [-0.15, -0.1) is 11.8 Å². The molecule has 0 aromatic heterocycles. The summed E-state index contributed by atoms with van der Waals surface area (Å²) in [6.07, 6.45) is 0. The fraction of sp³-hybridized carbons (Fsp3) is 0.579. The van der Waals surface area contributed by atoms with Crippen molar-refractivity contribution in [2.24, 2.45) is 0 Å². The Kier molecular flexibility index (Phi) is 7.65. The smallest absolute Gasteiger partial charge is 0.317 e. The minimum Gasteiger partial charge on any atom is -0.497 e. The average molecular weight is 396 g/mol. The molecule has 8 heteroatoms. The maximum Gasteiger partial charge on any atom is 0.317 e. The number of urea groups is 1. The molecule has 3 amide bonds. The molecule has 1 fully saturated rings. The van der Waals surface area contributed by atoms with Crippen LogP contribution in [0, 0.1) is 0 Å². The second kappa shape index (κ2) is 9.73. The van der Waals surface area contributed by atoms with E-state index in [1.807, 2.05) is 43.9 Å². The molecule has 0 aliphatic carbocycles. The lowest BCUT2D eigenvalue weighted by atomic mass is 10.1. The maximum absolute atomic E-state index is 12.5. The summed E-state index contributed by atoms with van der Waals surface area (Å²) < 4.78 is 10.8. The number of thioether (sulfide) groups is 1. The fourth-order valence-electron chi connectivity index (χ4n) is 2.96. The van der Waals surface area contributed by atoms with Crippen LogP contribution < -0.4 is 14.8 Å². The largest absolute Gasteiger partial charge is 0.497 e. The molecule has 1 atom stereocenters. The summed E-state index contributed by atoms with van der Waals surface area (Å²) >= 11 is 1.56. The number of amides is 3. The molecular weight excluding hydrogens is 366 g/mol. The number of carbonyl (C=O) groups excluding carboxylic acids is 2. The Hall–Kier alpha value is -2.09. The van der Waals surface area contributed by atoms with Crippen molar-refractivity contribution in [1.29, 1.82) is 0 Å². The van der Waals surface area contributed by atoms with Crippen molar-refractivity contribution in [3.8, 4) is 11.5 Å². The van der Waals surface area contributed by atoms with Gasteiger partial charge in [0.25, 0.3) is 0 Å². The van der Waals surface area contributed by atoms with Gasteiger partial charge in [0.15, 0.2) is 0 Å². The van der Waals surface area contributed by atoms with Crippen LogP contribution in [0.15, 0.2) is 18.2 Å². The highest BCUT2D eigenvalue weighted by Gasteiger charge is 2.35. The van der Waals surface area contributed by atoms with Crippen LogP contribution in [0.3, 0.4) is 0 Å². The van der Waals surface area contributed by atoms with E-state index in [0.717, 1.165) is 17.1 Å². The molecule has 1 N–H and O–H groups in total. The predicted molar refractivity (Wildman–Crippen MR) is 107 cm³/mol. The highest BCUT2D eigenvalue weighted by molar-refractivity contribution is 8.00. The van der Waals surface area contributed by atoms with Crippen molar-refractivity contribution < 1.29 is 19.1 Å². The highest BCUT2D eigenvalue weighted by Crippen LogP contribution is 2.43. The van der Waals surface area contributed by atoms with E-state index in [4.69, 9.17) is 9.47 Å². The summed E-state index contributed by atoms with van der Waals surface area (Å²) in [5.41, 5.74) is 0.905. The second-order valence-corrected chi connectivity index (χ2v) is 7.61. The van der Waals surface area contributed by atoms with E-state index in [-0.39, 0.29) is 23.4 Å². The van der Waals surface area contributed by atoms with Gasteiger partial charge in [0.1, 0.15) is 16.9 Å². The van der Waals surface area contributed by atoms with Gasteiger partial charge < -0.3 is 24.6 Å². The van der Waals surface area contributed by atoms with Gasteiger partial charge in [-0.1, -0.05) is 0 Å². The lowest BCUT2D eigenvalue weighted by Crippen LogP contribution is -2.46. The van der Waals surface area contributed by atoms with E-state index in [1.165, 1.54) is 0 Å². The Balaban J connectivity index is 2.15. The minimum atomic E-state index is -0.158. The van der Waals surface area contributed by atoms with Crippen LogP contribution in [0.5, 0.6) is 11.5 Å². The van der Waals surface area contributed by atoms with E-state index in [9.17, 15) is 9.59 Å². The van der Waals surface area contributed by atoms with E-state index in [2.05, 4.69) is 5.32 Å². The standard InChI is InChI=1S/C19H29N3O4S/c1-6-21(19(24)20-13(2)3)9-10-22-17(23)12-27-18(22)15-11-14(25-4)7-8-16(15)26-5/h7-8,11,13,18H,6,9-10,12H2,1-5H3,(H,20,24)/t18-/m0/s1. The van der Waals surface area contributed by atoms with Gasteiger partial charge in [0.05, 0.1) is 20.0 Å². The molecule has 1 heterocycles. The number of likely N-dealkylation sites (N-methyl/N-ethyl adjacent to an activating group) is 1. The molecule has 2 rings (SSSR count). The number of methoxy groups -OCH3 is 2. The fourth-order valence-corrected chi connectivity index (χ4v) is 4.19. The molecule has 0 spiro atoms. The molecule has 1 aliphatic heterocycles. The van der Waals surface area contributed by atoms with Crippen molar-refractivity contribution in [2.75, 3.05) is 39.6 Å². The number of hydrogen-bond acceptors (Lipinski definition) is 5. The third-order valence-electron chi connectivity index (χ3n) is 4.36. The molecule has 27 heavy (non-hydrogen) atoms. The summed E-state index contributed by atoms with van der Waals surface area (Å²) in [6.45, 7) is 7.32. The Labute approximate surface area is 165 Å². The van der Waals surface area contributed by atoms with E-state index in [1.54, 1.807) is 30.9 Å². The van der Waals surface area contributed by atoms with Gasteiger partial charge in [-0.2, -0.15) is 0 Å². The van der Waals surface area contributed by atoms with Crippen molar-refractivity contribution in [3.63, 3.8) is 0 Å². The lowest BCUT2D eigenvalue weighted by molar-refractivity contribution is -0.128. The summed E-state index contributed by atoms with van der Waals surface area (Å²) in [4.78, 5) is 28.3. The third kappa shape index (κ3) is 5.22. The zero-order chi connectivity index (χ0) is 20.0. The minimum absolute atomic E-state index is 0.0650.